The van der Waals surface area contributed by atoms with Gasteiger partial charge in [-0.2, -0.15) is 0 Å². The van der Waals surface area contributed by atoms with Crippen molar-refractivity contribution in [3.63, 3.8) is 0 Å². The minimum atomic E-state index is -0.406. The molecule has 2 heterocycles. The van der Waals surface area contributed by atoms with Gasteiger partial charge in [0.15, 0.2) is 0 Å². The second kappa shape index (κ2) is 6.54. The van der Waals surface area contributed by atoms with E-state index in [4.69, 9.17) is 0 Å². The van der Waals surface area contributed by atoms with Crippen molar-refractivity contribution >= 4 is 33.1 Å². The van der Waals surface area contributed by atoms with E-state index in [-0.39, 0.29) is 11.7 Å². The van der Waals surface area contributed by atoms with E-state index in [9.17, 15) is 10.1 Å². The Morgan fingerprint density at radius 1 is 1.39 bits per heavy atom. The fourth-order valence-electron chi connectivity index (χ4n) is 2.79. The van der Waals surface area contributed by atoms with E-state index in [0.717, 1.165) is 24.0 Å². The van der Waals surface area contributed by atoms with Crippen molar-refractivity contribution in [1.29, 1.82) is 0 Å². The number of nitrogens with one attached hydrogen (secondary N) is 1. The van der Waals surface area contributed by atoms with Crippen LogP contribution in [0.4, 0.5) is 17.2 Å². The predicted molar refractivity (Wildman–Crippen MR) is 94.0 cm³/mol. The first-order valence-electron chi connectivity index (χ1n) is 7.41. The quantitative estimate of drug-likeness (QED) is 0.649. The van der Waals surface area contributed by atoms with Crippen LogP contribution in [0, 0.1) is 17.0 Å². The number of aromatic nitrogens is 1. The van der Waals surface area contributed by atoms with E-state index in [1.807, 2.05) is 12.1 Å². The van der Waals surface area contributed by atoms with Gasteiger partial charge in [0.2, 0.25) is 0 Å². The molecule has 1 saturated heterocycles. The molecule has 1 aromatic carbocycles. The minimum Gasteiger partial charge on any atom is -0.369 e. The number of hydrogen-bond acceptors (Lipinski definition) is 5. The van der Waals surface area contributed by atoms with Crippen molar-refractivity contribution in [2.24, 2.45) is 0 Å². The highest BCUT2D eigenvalue weighted by atomic mass is 79.9. The van der Waals surface area contributed by atoms with Gasteiger partial charge in [-0.25, -0.2) is 4.98 Å². The molecule has 0 saturated carbocycles. The van der Waals surface area contributed by atoms with Gasteiger partial charge >= 0.3 is 0 Å². The van der Waals surface area contributed by atoms with E-state index in [1.165, 1.54) is 11.9 Å². The van der Waals surface area contributed by atoms with Gasteiger partial charge in [-0.3, -0.25) is 10.1 Å². The maximum absolute atomic E-state index is 10.8. The molecule has 0 amide bonds. The molecule has 2 aromatic rings. The Morgan fingerprint density at radius 2 is 2.13 bits per heavy atom. The lowest BCUT2D eigenvalue weighted by molar-refractivity contribution is -0.385. The fourth-order valence-corrected chi connectivity index (χ4v) is 3.06. The van der Waals surface area contributed by atoms with Crippen LogP contribution in [0.15, 0.2) is 41.0 Å². The van der Waals surface area contributed by atoms with E-state index in [1.54, 1.807) is 13.0 Å². The Balaban J connectivity index is 1.65. The van der Waals surface area contributed by atoms with Crippen molar-refractivity contribution in [2.75, 3.05) is 23.3 Å². The van der Waals surface area contributed by atoms with Gasteiger partial charge in [0, 0.05) is 34.9 Å². The van der Waals surface area contributed by atoms with Crippen LogP contribution >= 0.6 is 15.9 Å². The highest BCUT2D eigenvalue weighted by molar-refractivity contribution is 9.10. The van der Waals surface area contributed by atoms with Gasteiger partial charge < -0.3 is 10.2 Å². The lowest BCUT2D eigenvalue weighted by Crippen LogP contribution is -2.26. The number of aryl methyl sites for hydroxylation is 1. The molecule has 1 N–H and O–H groups in total. The molecule has 0 spiro atoms. The van der Waals surface area contributed by atoms with Gasteiger partial charge in [0.1, 0.15) is 12.0 Å². The zero-order valence-electron chi connectivity index (χ0n) is 12.7. The molecule has 0 radical (unpaired) electrons. The van der Waals surface area contributed by atoms with Crippen LogP contribution < -0.4 is 10.2 Å². The third-order valence-corrected chi connectivity index (χ3v) is 4.54. The van der Waals surface area contributed by atoms with E-state index >= 15 is 0 Å². The third kappa shape index (κ3) is 3.61. The molecular formula is C16H17BrN4O2. The van der Waals surface area contributed by atoms with E-state index in [2.05, 4.69) is 43.3 Å². The Morgan fingerprint density at radius 3 is 2.78 bits per heavy atom. The average molecular weight is 377 g/mol. The van der Waals surface area contributed by atoms with Crippen LogP contribution in [0.25, 0.3) is 0 Å². The molecule has 1 aromatic heterocycles. The number of nitro groups is 1. The van der Waals surface area contributed by atoms with Crippen molar-refractivity contribution in [3.8, 4) is 0 Å². The summed E-state index contributed by atoms with van der Waals surface area (Å²) < 4.78 is 1.07. The van der Waals surface area contributed by atoms with Crippen molar-refractivity contribution < 1.29 is 4.92 Å². The summed E-state index contributed by atoms with van der Waals surface area (Å²) in [6.45, 7) is 3.60. The molecule has 6 nitrogen and oxygen atoms in total. The number of anilines is 2. The summed E-state index contributed by atoms with van der Waals surface area (Å²) >= 11 is 3.45. The molecule has 7 heteroatoms. The van der Waals surface area contributed by atoms with Crippen molar-refractivity contribution in [1.82, 2.24) is 4.98 Å². The average Bonchev–Trinajstić information content (AvgIpc) is 2.96. The number of rotatable bonds is 4. The smallest absolute Gasteiger partial charge is 0.290 e. The van der Waals surface area contributed by atoms with Crippen LogP contribution in [-0.4, -0.2) is 29.0 Å². The standard InChI is InChI=1S/C16H17BrN4O2/c1-11-8-16(18-9-15(11)21(22)23)19-13-6-7-20(10-13)14-4-2-12(17)3-5-14/h2-5,8-9,13H,6-7,10H2,1H3,(H,18,19). The number of nitrogens with zero attached hydrogens (tertiary/aromatic N) is 3. The summed E-state index contributed by atoms with van der Waals surface area (Å²) in [4.78, 5) is 16.9. The van der Waals surface area contributed by atoms with Crippen LogP contribution in [0.5, 0.6) is 0 Å². The largest absolute Gasteiger partial charge is 0.369 e. The van der Waals surface area contributed by atoms with Crippen LogP contribution in [0.2, 0.25) is 0 Å². The molecular weight excluding hydrogens is 360 g/mol. The fraction of sp³-hybridized carbons (Fsp3) is 0.312. The molecule has 120 valence electrons. The summed E-state index contributed by atoms with van der Waals surface area (Å²) in [5.41, 5.74) is 1.87. The van der Waals surface area contributed by atoms with Gasteiger partial charge in [-0.05, 0) is 43.7 Å². The first-order valence-corrected chi connectivity index (χ1v) is 8.20. The SMILES string of the molecule is Cc1cc(NC2CCN(c3ccc(Br)cc3)C2)ncc1[N+](=O)[O-]. The summed E-state index contributed by atoms with van der Waals surface area (Å²) in [6.07, 6.45) is 2.33. The summed E-state index contributed by atoms with van der Waals surface area (Å²) in [7, 11) is 0. The lowest BCUT2D eigenvalue weighted by Gasteiger charge is -2.19. The second-order valence-corrected chi connectivity index (χ2v) is 6.58. The Labute approximate surface area is 142 Å². The Hall–Kier alpha value is -2.15. The molecule has 1 atom stereocenters. The third-order valence-electron chi connectivity index (χ3n) is 4.01. The molecule has 1 fully saturated rings. The monoisotopic (exact) mass is 376 g/mol. The number of hydrogen-bond donors (Lipinski definition) is 1. The first kappa shape index (κ1) is 15.7. The Kier molecular flexibility index (Phi) is 4.47. The minimum absolute atomic E-state index is 0.0541. The molecule has 1 aliphatic heterocycles. The molecule has 3 rings (SSSR count). The van der Waals surface area contributed by atoms with Crippen LogP contribution in [0.3, 0.4) is 0 Å². The molecule has 1 aliphatic rings. The molecule has 0 aliphatic carbocycles. The zero-order chi connectivity index (χ0) is 16.4. The maximum Gasteiger partial charge on any atom is 0.290 e. The van der Waals surface area contributed by atoms with Gasteiger partial charge in [0.25, 0.3) is 5.69 Å². The number of halogens is 1. The number of pyridine rings is 1. The maximum atomic E-state index is 10.8. The van der Waals surface area contributed by atoms with E-state index < -0.39 is 4.92 Å². The molecule has 23 heavy (non-hydrogen) atoms. The highest BCUT2D eigenvalue weighted by Gasteiger charge is 2.23. The molecule has 1 unspecified atom stereocenters. The molecule has 0 bridgehead atoms. The summed E-state index contributed by atoms with van der Waals surface area (Å²) in [5, 5.41) is 14.2. The second-order valence-electron chi connectivity index (χ2n) is 5.67. The Bertz CT molecular complexity index is 721. The van der Waals surface area contributed by atoms with Crippen LogP contribution in [-0.2, 0) is 0 Å². The highest BCUT2D eigenvalue weighted by Crippen LogP contribution is 2.25. The zero-order valence-corrected chi connectivity index (χ0v) is 14.3. The first-order chi connectivity index (χ1) is 11.0. The van der Waals surface area contributed by atoms with Gasteiger partial charge in [-0.15, -0.1) is 0 Å². The number of benzene rings is 1. The van der Waals surface area contributed by atoms with Crippen molar-refractivity contribution in [2.45, 2.75) is 19.4 Å². The van der Waals surface area contributed by atoms with Crippen LogP contribution in [0.1, 0.15) is 12.0 Å². The van der Waals surface area contributed by atoms with E-state index in [0.29, 0.717) is 11.4 Å². The summed E-state index contributed by atoms with van der Waals surface area (Å²) in [5.74, 6) is 0.691. The van der Waals surface area contributed by atoms with Gasteiger partial charge in [0.05, 0.1) is 4.92 Å². The van der Waals surface area contributed by atoms with Gasteiger partial charge in [-0.1, -0.05) is 15.9 Å². The van der Waals surface area contributed by atoms with Crippen molar-refractivity contribution in [3.05, 3.63) is 56.7 Å². The summed E-state index contributed by atoms with van der Waals surface area (Å²) in [6, 6.07) is 10.3. The topological polar surface area (TPSA) is 71.3 Å². The lowest BCUT2D eigenvalue weighted by atomic mass is 10.2. The predicted octanol–water partition coefficient (Wildman–Crippen LogP) is 3.75. The normalized spacial score (nSPS) is 17.3.